The zero-order chi connectivity index (χ0) is 26.3. The molecule has 2 aromatic rings. The van der Waals surface area contributed by atoms with Crippen LogP contribution in [0, 0.1) is 0 Å². The molecule has 0 saturated carbocycles. The van der Waals surface area contributed by atoms with E-state index in [-0.39, 0.29) is 17.5 Å². The average molecular weight is 519 g/mol. The fourth-order valence-electron chi connectivity index (χ4n) is 6.15. The summed E-state index contributed by atoms with van der Waals surface area (Å²) in [6.45, 7) is 5.77. The van der Waals surface area contributed by atoms with Crippen molar-refractivity contribution in [2.75, 3.05) is 64.9 Å². The minimum atomic E-state index is -0.274. The zero-order valence-electron chi connectivity index (χ0n) is 22.4. The third-order valence-electron chi connectivity index (χ3n) is 8.80. The lowest BCUT2D eigenvalue weighted by Crippen LogP contribution is -2.59. The highest BCUT2D eigenvalue weighted by atomic mass is 16.5. The quantitative estimate of drug-likeness (QED) is 0.611. The zero-order valence-corrected chi connectivity index (χ0v) is 22.4. The lowest BCUT2D eigenvalue weighted by Gasteiger charge is -2.42. The van der Waals surface area contributed by atoms with Crippen LogP contribution >= 0.6 is 0 Å². The number of hydrogen-bond donors (Lipinski definition) is 2. The minimum absolute atomic E-state index is 0.0251. The predicted octanol–water partition coefficient (Wildman–Crippen LogP) is 2.26. The third kappa shape index (κ3) is 4.68. The van der Waals surface area contributed by atoms with Crippen LogP contribution < -0.4 is 15.8 Å². The number of likely N-dealkylation sites (N-methyl/N-ethyl adjacent to an activating group) is 1. The summed E-state index contributed by atoms with van der Waals surface area (Å²) in [5.74, 6) is 0.504. The number of rotatable bonds is 6. The van der Waals surface area contributed by atoms with E-state index in [9.17, 15) is 9.59 Å². The van der Waals surface area contributed by atoms with Crippen molar-refractivity contribution in [1.82, 2.24) is 25.6 Å². The maximum absolute atomic E-state index is 13.9. The van der Waals surface area contributed by atoms with Gasteiger partial charge in [-0.3, -0.25) is 20.5 Å². The Morgan fingerprint density at radius 1 is 1.05 bits per heavy atom. The third-order valence-corrected chi connectivity index (χ3v) is 8.80. The van der Waals surface area contributed by atoms with Crippen molar-refractivity contribution in [2.45, 2.75) is 36.9 Å². The van der Waals surface area contributed by atoms with Crippen molar-refractivity contribution < 1.29 is 14.3 Å². The molecular weight excluding hydrogens is 480 g/mol. The number of nitrogens with one attached hydrogen (secondary N) is 2. The van der Waals surface area contributed by atoms with E-state index >= 15 is 0 Å². The predicted molar refractivity (Wildman–Crippen MR) is 146 cm³/mol. The van der Waals surface area contributed by atoms with Crippen molar-refractivity contribution in [3.05, 3.63) is 65.2 Å². The Balaban J connectivity index is 1.21. The van der Waals surface area contributed by atoms with Crippen LogP contribution in [0.4, 0.5) is 10.5 Å². The van der Waals surface area contributed by atoms with Crippen LogP contribution in [0.25, 0.3) is 0 Å². The summed E-state index contributed by atoms with van der Waals surface area (Å²) in [5, 5.41) is 0. The molecule has 4 fully saturated rings. The number of benzene rings is 2. The molecule has 9 heteroatoms. The Morgan fingerprint density at radius 2 is 1.76 bits per heavy atom. The molecule has 6 rings (SSSR count). The number of urea groups is 1. The molecule has 2 aromatic carbocycles. The molecule has 0 unspecified atom stereocenters. The normalized spacial score (nSPS) is 22.1. The van der Waals surface area contributed by atoms with Crippen molar-refractivity contribution in [2.24, 2.45) is 0 Å². The highest BCUT2D eigenvalue weighted by Crippen LogP contribution is 2.39. The first-order valence-corrected chi connectivity index (χ1v) is 13.7. The second-order valence-electron chi connectivity index (χ2n) is 11.4. The number of anilines is 1. The molecule has 4 saturated heterocycles. The smallest absolute Gasteiger partial charge is 0.325 e. The first kappa shape index (κ1) is 25.3. The molecular formula is C29H38N6O3. The molecule has 4 heterocycles. The largest absolute Gasteiger partial charge is 0.381 e. The summed E-state index contributed by atoms with van der Waals surface area (Å²) in [5.41, 5.74) is 9.98. The van der Waals surface area contributed by atoms with Gasteiger partial charge in [-0.15, -0.1) is 0 Å². The fraction of sp³-hybridized carbons (Fsp3) is 0.517. The second kappa shape index (κ2) is 10.3. The van der Waals surface area contributed by atoms with Gasteiger partial charge in [0.05, 0.1) is 12.1 Å². The Hall–Kier alpha value is -2.98. The first-order valence-electron chi connectivity index (χ1n) is 13.7. The molecule has 2 N–H and O–H groups in total. The number of ether oxygens (including phenoxy) is 1. The molecule has 4 aliphatic rings. The Morgan fingerprint density at radius 3 is 2.45 bits per heavy atom. The van der Waals surface area contributed by atoms with Gasteiger partial charge in [0, 0.05) is 69.1 Å². The minimum Gasteiger partial charge on any atom is -0.381 e. The topological polar surface area (TPSA) is 80.4 Å². The van der Waals surface area contributed by atoms with E-state index in [1.807, 2.05) is 39.0 Å². The molecule has 0 bridgehead atoms. The molecule has 0 atom stereocenters. The van der Waals surface area contributed by atoms with E-state index in [0.717, 1.165) is 50.3 Å². The van der Waals surface area contributed by atoms with Gasteiger partial charge in [-0.2, -0.15) is 0 Å². The maximum Gasteiger partial charge on any atom is 0.325 e. The molecule has 202 valence electrons. The van der Waals surface area contributed by atoms with Gasteiger partial charge in [-0.05, 0) is 62.3 Å². The van der Waals surface area contributed by atoms with Crippen LogP contribution in [0.1, 0.15) is 40.2 Å². The first-order chi connectivity index (χ1) is 18.4. The summed E-state index contributed by atoms with van der Waals surface area (Å²) in [7, 11) is 4.10. The van der Waals surface area contributed by atoms with Gasteiger partial charge in [0.1, 0.15) is 0 Å². The lowest BCUT2D eigenvalue weighted by atomic mass is 9.88. The van der Waals surface area contributed by atoms with Crippen molar-refractivity contribution in [3.8, 4) is 0 Å². The number of carbonyl (C=O) groups excluding carboxylic acids is 2. The van der Waals surface area contributed by atoms with Gasteiger partial charge in [0.15, 0.2) is 0 Å². The summed E-state index contributed by atoms with van der Waals surface area (Å²) < 4.78 is 5.70. The van der Waals surface area contributed by atoms with E-state index in [1.54, 1.807) is 0 Å². The standard InChI is InChI=1S/C29H38N6O3/c1-32(2)26-18-33(19-26)27(36)23-5-3-4-21(14-23)17-35-28(37)34(20-29(35)10-12-38-13-11-29)25-8-6-22(7-9-25)24-15-30-31-16-24/h3-9,14,24,26,30-31H,10-13,15-20H2,1-2H3. The Bertz CT molecular complexity index is 1170. The van der Waals surface area contributed by atoms with Gasteiger partial charge in [0.2, 0.25) is 0 Å². The molecule has 0 aromatic heterocycles. The van der Waals surface area contributed by atoms with Gasteiger partial charge < -0.3 is 19.4 Å². The van der Waals surface area contributed by atoms with E-state index in [1.165, 1.54) is 5.56 Å². The Kier molecular flexibility index (Phi) is 6.86. The molecule has 0 radical (unpaired) electrons. The average Bonchev–Trinajstić information content (AvgIpc) is 3.52. The number of hydrazine groups is 1. The maximum atomic E-state index is 13.9. The number of carbonyl (C=O) groups is 2. The number of hydrogen-bond acceptors (Lipinski definition) is 6. The van der Waals surface area contributed by atoms with Crippen LogP contribution in [-0.2, 0) is 11.3 Å². The van der Waals surface area contributed by atoms with Crippen LogP contribution in [0.3, 0.4) is 0 Å². The summed E-state index contributed by atoms with van der Waals surface area (Å²) in [4.78, 5) is 35.0. The van der Waals surface area contributed by atoms with Crippen LogP contribution in [-0.4, -0.2) is 98.3 Å². The second-order valence-corrected chi connectivity index (χ2v) is 11.4. The van der Waals surface area contributed by atoms with E-state index in [0.29, 0.717) is 43.8 Å². The molecule has 9 nitrogen and oxygen atoms in total. The molecule has 1 spiro atoms. The van der Waals surface area contributed by atoms with E-state index < -0.39 is 0 Å². The van der Waals surface area contributed by atoms with Gasteiger partial charge >= 0.3 is 6.03 Å². The van der Waals surface area contributed by atoms with Crippen LogP contribution in [0.15, 0.2) is 48.5 Å². The number of nitrogens with zero attached hydrogens (tertiary/aromatic N) is 4. The van der Waals surface area contributed by atoms with Gasteiger partial charge in [-0.1, -0.05) is 24.3 Å². The van der Waals surface area contributed by atoms with Crippen LogP contribution in [0.5, 0.6) is 0 Å². The number of likely N-dealkylation sites (tertiary alicyclic amines) is 1. The van der Waals surface area contributed by atoms with Gasteiger partial charge in [-0.25, -0.2) is 4.79 Å². The lowest BCUT2D eigenvalue weighted by molar-refractivity contribution is 0.00611. The van der Waals surface area contributed by atoms with Crippen molar-refractivity contribution in [3.63, 3.8) is 0 Å². The molecule has 3 amide bonds. The summed E-state index contributed by atoms with van der Waals surface area (Å²) >= 11 is 0. The molecule has 4 aliphatic heterocycles. The summed E-state index contributed by atoms with van der Waals surface area (Å²) in [6, 6.07) is 16.7. The van der Waals surface area contributed by atoms with Crippen LogP contribution in [0.2, 0.25) is 0 Å². The van der Waals surface area contributed by atoms with Crippen molar-refractivity contribution in [1.29, 1.82) is 0 Å². The molecule has 0 aliphatic carbocycles. The Labute approximate surface area is 224 Å². The number of amides is 3. The van der Waals surface area contributed by atoms with E-state index in [4.69, 9.17) is 4.74 Å². The monoisotopic (exact) mass is 518 g/mol. The highest BCUT2D eigenvalue weighted by molar-refractivity contribution is 5.96. The van der Waals surface area contributed by atoms with E-state index in [2.05, 4.69) is 54.1 Å². The SMILES string of the molecule is CN(C)C1CN(C(=O)c2cccc(CN3C(=O)N(c4ccc(C5CNNC5)cc4)CC34CCOCC4)c2)C1. The van der Waals surface area contributed by atoms with Crippen molar-refractivity contribution >= 4 is 17.6 Å². The molecule has 38 heavy (non-hydrogen) atoms. The van der Waals surface area contributed by atoms with Gasteiger partial charge in [0.25, 0.3) is 5.91 Å². The summed E-state index contributed by atoms with van der Waals surface area (Å²) in [6.07, 6.45) is 1.62. The fourth-order valence-corrected chi connectivity index (χ4v) is 6.15. The highest BCUT2D eigenvalue weighted by Gasteiger charge is 2.50.